The maximum Gasteiger partial charge on any atom is 0.0705 e. The van der Waals surface area contributed by atoms with E-state index in [-0.39, 0.29) is 0 Å². The number of fused-ring (bicyclic) bond motifs is 1. The Bertz CT molecular complexity index is 576. The van der Waals surface area contributed by atoms with Gasteiger partial charge in [0, 0.05) is 24.2 Å². The quantitative estimate of drug-likeness (QED) is 0.913. The van der Waals surface area contributed by atoms with Crippen molar-refractivity contribution < 1.29 is 0 Å². The van der Waals surface area contributed by atoms with Gasteiger partial charge in [0.15, 0.2) is 0 Å². The lowest BCUT2D eigenvalue weighted by Gasteiger charge is -2.36. The molecule has 0 radical (unpaired) electrons. The molecular weight excluding hydrogens is 258 g/mol. The summed E-state index contributed by atoms with van der Waals surface area (Å²) in [6.45, 7) is 3.39. The third-order valence-corrected chi connectivity index (χ3v) is 4.59. The Kier molecular flexibility index (Phi) is 4.84. The summed E-state index contributed by atoms with van der Waals surface area (Å²) in [5.74, 6) is 0. The molecule has 2 aromatic rings. The number of rotatable bonds is 5. The highest BCUT2D eigenvalue weighted by atomic mass is 15.2. The number of nitrogens with zero attached hydrogens (tertiary/aromatic N) is 2. The number of piperidine rings is 1. The Morgan fingerprint density at radius 1 is 1.24 bits per heavy atom. The van der Waals surface area contributed by atoms with Crippen molar-refractivity contribution in [3.8, 4) is 0 Å². The zero-order valence-corrected chi connectivity index (χ0v) is 12.9. The van der Waals surface area contributed by atoms with Crippen LogP contribution in [0.15, 0.2) is 36.5 Å². The molecule has 3 heteroatoms. The number of nitrogens with one attached hydrogen (secondary N) is 1. The Hall–Kier alpha value is -1.45. The van der Waals surface area contributed by atoms with Crippen LogP contribution in [0.4, 0.5) is 0 Å². The fourth-order valence-corrected chi connectivity index (χ4v) is 3.42. The first-order valence-electron chi connectivity index (χ1n) is 8.10. The number of para-hydroxylation sites is 1. The molecule has 21 heavy (non-hydrogen) atoms. The summed E-state index contributed by atoms with van der Waals surface area (Å²) in [6, 6.07) is 11.4. The normalized spacial score (nSPS) is 20.0. The minimum atomic E-state index is 0.720. The highest BCUT2D eigenvalue weighted by Gasteiger charge is 2.22. The molecule has 1 aromatic carbocycles. The Morgan fingerprint density at radius 2 is 2.14 bits per heavy atom. The van der Waals surface area contributed by atoms with Crippen LogP contribution in [0.3, 0.4) is 0 Å². The topological polar surface area (TPSA) is 28.2 Å². The highest BCUT2D eigenvalue weighted by Crippen LogP contribution is 2.24. The molecule has 0 spiro atoms. The van der Waals surface area contributed by atoms with Gasteiger partial charge in [0.1, 0.15) is 0 Å². The molecule has 1 unspecified atom stereocenters. The van der Waals surface area contributed by atoms with Gasteiger partial charge < -0.3 is 5.32 Å². The fourth-order valence-electron chi connectivity index (χ4n) is 3.42. The number of pyridine rings is 1. The van der Waals surface area contributed by atoms with E-state index in [0.29, 0.717) is 0 Å². The van der Waals surface area contributed by atoms with Gasteiger partial charge >= 0.3 is 0 Å². The molecule has 3 nitrogen and oxygen atoms in total. The molecule has 1 atom stereocenters. The van der Waals surface area contributed by atoms with E-state index in [1.54, 1.807) is 0 Å². The Labute approximate surface area is 127 Å². The van der Waals surface area contributed by atoms with E-state index in [0.717, 1.165) is 24.6 Å². The summed E-state index contributed by atoms with van der Waals surface area (Å²) in [6.07, 6.45) is 7.25. The lowest BCUT2D eigenvalue weighted by Crippen LogP contribution is -2.40. The van der Waals surface area contributed by atoms with Crippen LogP contribution in [-0.4, -0.2) is 36.1 Å². The van der Waals surface area contributed by atoms with E-state index < -0.39 is 0 Å². The number of likely N-dealkylation sites (tertiary alicyclic amines) is 1. The number of hydrogen-bond donors (Lipinski definition) is 1. The first-order chi connectivity index (χ1) is 10.4. The minimum absolute atomic E-state index is 0.720. The summed E-state index contributed by atoms with van der Waals surface area (Å²) < 4.78 is 0. The number of hydrogen-bond acceptors (Lipinski definition) is 3. The monoisotopic (exact) mass is 283 g/mol. The smallest absolute Gasteiger partial charge is 0.0705 e. The van der Waals surface area contributed by atoms with Crippen molar-refractivity contribution in [3.05, 3.63) is 42.1 Å². The van der Waals surface area contributed by atoms with Gasteiger partial charge in [0.05, 0.1) is 5.52 Å². The summed E-state index contributed by atoms with van der Waals surface area (Å²) in [5.41, 5.74) is 2.52. The van der Waals surface area contributed by atoms with E-state index in [2.05, 4.69) is 45.5 Å². The molecule has 112 valence electrons. The average molecular weight is 283 g/mol. The molecule has 1 aromatic heterocycles. The van der Waals surface area contributed by atoms with Crippen molar-refractivity contribution in [2.24, 2.45) is 0 Å². The van der Waals surface area contributed by atoms with E-state index in [9.17, 15) is 0 Å². The molecule has 1 saturated heterocycles. The SMILES string of the molecule is CNCCC1CCCCN1Cc1ccnc2ccccc12. The summed E-state index contributed by atoms with van der Waals surface area (Å²) in [5, 5.41) is 4.60. The molecule has 1 aliphatic heterocycles. The maximum atomic E-state index is 4.48. The lowest BCUT2D eigenvalue weighted by molar-refractivity contribution is 0.133. The van der Waals surface area contributed by atoms with Crippen molar-refractivity contribution in [1.82, 2.24) is 15.2 Å². The molecule has 1 N–H and O–H groups in total. The van der Waals surface area contributed by atoms with Crippen molar-refractivity contribution in [2.45, 2.75) is 38.3 Å². The van der Waals surface area contributed by atoms with E-state index in [4.69, 9.17) is 0 Å². The number of benzene rings is 1. The van der Waals surface area contributed by atoms with Crippen molar-refractivity contribution in [3.63, 3.8) is 0 Å². The van der Waals surface area contributed by atoms with Crippen LogP contribution >= 0.6 is 0 Å². The lowest BCUT2D eigenvalue weighted by atomic mass is 9.98. The summed E-state index contributed by atoms with van der Waals surface area (Å²) in [4.78, 5) is 7.14. The third kappa shape index (κ3) is 3.42. The van der Waals surface area contributed by atoms with Crippen molar-refractivity contribution in [2.75, 3.05) is 20.1 Å². The Morgan fingerprint density at radius 3 is 3.05 bits per heavy atom. The van der Waals surface area contributed by atoms with Gasteiger partial charge in [-0.1, -0.05) is 24.6 Å². The van der Waals surface area contributed by atoms with Crippen molar-refractivity contribution >= 4 is 10.9 Å². The van der Waals surface area contributed by atoms with E-state index >= 15 is 0 Å². The number of aromatic nitrogens is 1. The summed E-state index contributed by atoms with van der Waals surface area (Å²) in [7, 11) is 2.05. The van der Waals surface area contributed by atoms with E-state index in [1.165, 1.54) is 43.2 Å². The van der Waals surface area contributed by atoms with Crippen LogP contribution in [0.1, 0.15) is 31.2 Å². The highest BCUT2D eigenvalue weighted by molar-refractivity contribution is 5.81. The second-order valence-electron chi connectivity index (χ2n) is 6.00. The van der Waals surface area contributed by atoms with Crippen LogP contribution in [0.25, 0.3) is 10.9 Å². The van der Waals surface area contributed by atoms with Gasteiger partial charge in [0.2, 0.25) is 0 Å². The van der Waals surface area contributed by atoms with Gasteiger partial charge in [-0.2, -0.15) is 0 Å². The predicted molar refractivity (Wildman–Crippen MR) is 88.3 cm³/mol. The fraction of sp³-hybridized carbons (Fsp3) is 0.500. The van der Waals surface area contributed by atoms with Gasteiger partial charge in [-0.3, -0.25) is 9.88 Å². The molecular formula is C18H25N3. The largest absolute Gasteiger partial charge is 0.320 e. The molecule has 3 rings (SSSR count). The predicted octanol–water partition coefficient (Wildman–Crippen LogP) is 3.20. The van der Waals surface area contributed by atoms with E-state index in [1.807, 2.05) is 13.2 Å². The second-order valence-corrected chi connectivity index (χ2v) is 6.00. The van der Waals surface area contributed by atoms with Gasteiger partial charge in [-0.15, -0.1) is 0 Å². The average Bonchev–Trinajstić information content (AvgIpc) is 2.54. The zero-order chi connectivity index (χ0) is 14.5. The maximum absolute atomic E-state index is 4.48. The zero-order valence-electron chi connectivity index (χ0n) is 12.9. The van der Waals surface area contributed by atoms with Crippen LogP contribution in [0.2, 0.25) is 0 Å². The van der Waals surface area contributed by atoms with Crippen LogP contribution < -0.4 is 5.32 Å². The first-order valence-corrected chi connectivity index (χ1v) is 8.10. The van der Waals surface area contributed by atoms with Crippen molar-refractivity contribution in [1.29, 1.82) is 0 Å². The molecule has 1 aliphatic rings. The Balaban J connectivity index is 1.79. The van der Waals surface area contributed by atoms with Gasteiger partial charge in [-0.05, 0) is 57.1 Å². The molecule has 1 fully saturated rings. The third-order valence-electron chi connectivity index (χ3n) is 4.59. The summed E-state index contributed by atoms with van der Waals surface area (Å²) >= 11 is 0. The van der Waals surface area contributed by atoms with Gasteiger partial charge in [-0.25, -0.2) is 0 Å². The van der Waals surface area contributed by atoms with Gasteiger partial charge in [0.25, 0.3) is 0 Å². The van der Waals surface area contributed by atoms with Crippen LogP contribution in [-0.2, 0) is 6.54 Å². The minimum Gasteiger partial charge on any atom is -0.320 e. The first kappa shape index (κ1) is 14.5. The molecule has 0 amide bonds. The second kappa shape index (κ2) is 7.01. The molecule has 0 aliphatic carbocycles. The molecule has 0 bridgehead atoms. The molecule has 2 heterocycles. The van der Waals surface area contributed by atoms with Crippen LogP contribution in [0.5, 0.6) is 0 Å². The molecule has 0 saturated carbocycles. The van der Waals surface area contributed by atoms with Crippen LogP contribution in [0, 0.1) is 0 Å². The standard InChI is InChI=1S/C18H25N3/c1-19-11-10-16-6-4-5-13-21(16)14-15-9-12-20-18-8-3-2-7-17(15)18/h2-3,7-9,12,16,19H,4-6,10-11,13-14H2,1H3.